The van der Waals surface area contributed by atoms with Gasteiger partial charge in [-0.2, -0.15) is 0 Å². The van der Waals surface area contributed by atoms with Gasteiger partial charge in [0.25, 0.3) is 0 Å². The Hall–Kier alpha value is -3.08. The minimum Gasteiger partial charge on any atom is -0.300 e. The molecule has 162 valence electrons. The SMILES string of the molecule is O=C1C=CC2C(=CC1)C21C(CCC2(c3ccc(F)cc3)CC2)C(=O)N1c1ccc(F)cc1. The van der Waals surface area contributed by atoms with Crippen molar-refractivity contribution < 1.29 is 18.4 Å². The van der Waals surface area contributed by atoms with Crippen molar-refractivity contribution in [3.8, 4) is 0 Å². The summed E-state index contributed by atoms with van der Waals surface area (Å²) in [5, 5.41) is 0. The third-order valence-corrected chi connectivity index (χ3v) is 7.91. The molecular weight excluding hydrogens is 408 g/mol. The number of hydrogen-bond donors (Lipinski definition) is 0. The van der Waals surface area contributed by atoms with E-state index in [9.17, 15) is 18.4 Å². The van der Waals surface area contributed by atoms with Gasteiger partial charge in [-0.15, -0.1) is 0 Å². The molecule has 1 heterocycles. The van der Waals surface area contributed by atoms with Gasteiger partial charge in [-0.3, -0.25) is 9.59 Å². The number of halogens is 2. The molecule has 1 saturated heterocycles. The average molecular weight is 431 g/mol. The summed E-state index contributed by atoms with van der Waals surface area (Å²) in [5.74, 6) is -0.581. The summed E-state index contributed by atoms with van der Waals surface area (Å²) in [4.78, 5) is 27.1. The van der Waals surface area contributed by atoms with Crippen LogP contribution >= 0.6 is 0 Å². The normalized spacial score (nSPS) is 29.3. The maximum atomic E-state index is 13.5. The zero-order valence-electron chi connectivity index (χ0n) is 17.6. The highest BCUT2D eigenvalue weighted by atomic mass is 19.1. The summed E-state index contributed by atoms with van der Waals surface area (Å²) in [6, 6.07) is 12.8. The van der Waals surface area contributed by atoms with E-state index >= 15 is 0 Å². The largest absolute Gasteiger partial charge is 0.300 e. The van der Waals surface area contributed by atoms with Crippen LogP contribution in [-0.2, 0) is 15.0 Å². The van der Waals surface area contributed by atoms with Crippen molar-refractivity contribution in [1.29, 1.82) is 0 Å². The summed E-state index contributed by atoms with van der Waals surface area (Å²) in [6.45, 7) is 0. The molecule has 2 aromatic rings. The number of ketones is 1. The number of carbonyl (C=O) groups is 2. The molecule has 3 aliphatic carbocycles. The molecule has 6 rings (SSSR count). The van der Waals surface area contributed by atoms with E-state index in [0.717, 1.165) is 36.8 Å². The third kappa shape index (κ3) is 2.70. The Morgan fingerprint density at radius 3 is 2.25 bits per heavy atom. The zero-order valence-corrected chi connectivity index (χ0v) is 17.6. The number of amides is 1. The van der Waals surface area contributed by atoms with E-state index in [0.29, 0.717) is 12.1 Å². The Morgan fingerprint density at radius 1 is 0.938 bits per heavy atom. The highest BCUT2D eigenvalue weighted by Crippen LogP contribution is 2.68. The van der Waals surface area contributed by atoms with Crippen molar-refractivity contribution in [1.82, 2.24) is 0 Å². The molecule has 0 aromatic heterocycles. The fraction of sp³-hybridized carbons (Fsp3) is 0.333. The Bertz CT molecular complexity index is 1180. The van der Waals surface area contributed by atoms with Crippen molar-refractivity contribution >= 4 is 17.4 Å². The number of anilines is 1. The number of carbonyl (C=O) groups excluding carboxylic acids is 2. The van der Waals surface area contributed by atoms with Crippen molar-refractivity contribution in [3.63, 3.8) is 0 Å². The van der Waals surface area contributed by atoms with Gasteiger partial charge in [0.15, 0.2) is 5.78 Å². The molecule has 4 aliphatic rings. The predicted octanol–water partition coefficient (Wildman–Crippen LogP) is 5.26. The van der Waals surface area contributed by atoms with Gasteiger partial charge in [0.05, 0.1) is 11.5 Å². The van der Waals surface area contributed by atoms with Crippen LogP contribution in [0.4, 0.5) is 14.5 Å². The van der Waals surface area contributed by atoms with Gasteiger partial charge in [0, 0.05) is 18.0 Å². The summed E-state index contributed by atoms with van der Waals surface area (Å²) in [6.07, 6.45) is 9.61. The number of fused-ring (bicyclic) bond motifs is 3. The molecule has 3 nitrogen and oxygen atoms in total. The quantitative estimate of drug-likeness (QED) is 0.478. The van der Waals surface area contributed by atoms with Crippen LogP contribution in [-0.4, -0.2) is 17.2 Å². The van der Waals surface area contributed by atoms with Crippen LogP contribution in [0.15, 0.2) is 72.3 Å². The van der Waals surface area contributed by atoms with Gasteiger partial charge in [-0.1, -0.05) is 24.3 Å². The third-order valence-electron chi connectivity index (χ3n) is 7.91. The molecule has 3 unspecified atom stereocenters. The minimum atomic E-state index is -0.439. The monoisotopic (exact) mass is 431 g/mol. The molecule has 1 aliphatic heterocycles. The fourth-order valence-electron chi connectivity index (χ4n) is 6.04. The zero-order chi connectivity index (χ0) is 22.1. The lowest BCUT2D eigenvalue weighted by Gasteiger charge is -2.49. The fourth-order valence-corrected chi connectivity index (χ4v) is 6.04. The van der Waals surface area contributed by atoms with Crippen LogP contribution < -0.4 is 4.90 Å². The number of benzene rings is 2. The van der Waals surface area contributed by atoms with Gasteiger partial charge < -0.3 is 4.90 Å². The van der Waals surface area contributed by atoms with Gasteiger partial charge in [-0.25, -0.2) is 8.78 Å². The molecular formula is C27H23F2NO2. The Kier molecular flexibility index (Phi) is 4.11. The molecule has 2 aromatic carbocycles. The number of nitrogens with zero attached hydrogens (tertiary/aromatic N) is 1. The van der Waals surface area contributed by atoms with E-state index in [-0.39, 0.29) is 40.6 Å². The lowest BCUT2D eigenvalue weighted by molar-refractivity contribution is -0.131. The number of allylic oxidation sites excluding steroid dienone is 2. The summed E-state index contributed by atoms with van der Waals surface area (Å²) in [7, 11) is 0. The number of hydrogen-bond acceptors (Lipinski definition) is 2. The lowest BCUT2D eigenvalue weighted by atomic mass is 9.75. The highest BCUT2D eigenvalue weighted by molar-refractivity contribution is 6.10. The van der Waals surface area contributed by atoms with Crippen LogP contribution in [0, 0.1) is 23.5 Å². The van der Waals surface area contributed by atoms with Crippen molar-refractivity contribution in [2.24, 2.45) is 11.8 Å². The topological polar surface area (TPSA) is 37.4 Å². The standard InChI is InChI=1S/C27H23F2NO2/c28-18-3-1-17(2-4-18)26(15-16-26)14-13-24-25(32)30(20-7-5-19(29)6-8-20)27(24)22-11-9-21(31)10-12-23(22)27/h1-9,11-12,22,24H,10,13-16H2. The van der Waals surface area contributed by atoms with Gasteiger partial charge in [0.2, 0.25) is 5.91 Å². The molecule has 3 atom stereocenters. The molecule has 3 fully saturated rings. The summed E-state index contributed by atoms with van der Waals surface area (Å²) >= 11 is 0. The molecule has 0 N–H and O–H groups in total. The maximum absolute atomic E-state index is 13.5. The first-order valence-electron chi connectivity index (χ1n) is 11.2. The van der Waals surface area contributed by atoms with Crippen molar-refractivity contribution in [2.75, 3.05) is 4.90 Å². The highest BCUT2D eigenvalue weighted by Gasteiger charge is 2.76. The maximum Gasteiger partial charge on any atom is 0.233 e. The molecule has 1 spiro atoms. The summed E-state index contributed by atoms with van der Waals surface area (Å²) < 4.78 is 26.9. The van der Waals surface area contributed by atoms with Crippen LogP contribution in [0.1, 0.15) is 37.7 Å². The first-order chi connectivity index (χ1) is 15.5. The van der Waals surface area contributed by atoms with E-state index in [1.54, 1.807) is 18.2 Å². The smallest absolute Gasteiger partial charge is 0.233 e. The van der Waals surface area contributed by atoms with E-state index in [4.69, 9.17) is 0 Å². The lowest BCUT2D eigenvalue weighted by Crippen LogP contribution is -2.65. The van der Waals surface area contributed by atoms with Crippen LogP contribution in [0.2, 0.25) is 0 Å². The number of rotatable bonds is 5. The van der Waals surface area contributed by atoms with Gasteiger partial charge in [0.1, 0.15) is 11.6 Å². The van der Waals surface area contributed by atoms with E-state index in [1.807, 2.05) is 29.2 Å². The molecule has 32 heavy (non-hydrogen) atoms. The van der Waals surface area contributed by atoms with Gasteiger partial charge >= 0.3 is 0 Å². The summed E-state index contributed by atoms with van der Waals surface area (Å²) in [5.41, 5.74) is 2.55. The second-order valence-electron chi connectivity index (χ2n) is 9.52. The van der Waals surface area contributed by atoms with Gasteiger partial charge in [-0.05, 0) is 84.7 Å². The first-order valence-corrected chi connectivity index (χ1v) is 11.2. The molecule has 0 bridgehead atoms. The Morgan fingerprint density at radius 2 is 1.59 bits per heavy atom. The molecule has 5 heteroatoms. The first kappa shape index (κ1) is 19.6. The second-order valence-corrected chi connectivity index (χ2v) is 9.52. The molecule has 1 amide bonds. The average Bonchev–Trinajstić information content (AvgIpc) is 3.69. The second kappa shape index (κ2) is 6.71. The van der Waals surface area contributed by atoms with E-state index in [1.165, 1.54) is 24.3 Å². The van der Waals surface area contributed by atoms with Crippen molar-refractivity contribution in [3.05, 3.63) is 89.5 Å². The Labute approximate surface area is 185 Å². The van der Waals surface area contributed by atoms with Crippen LogP contribution in [0.3, 0.4) is 0 Å². The van der Waals surface area contributed by atoms with Crippen LogP contribution in [0.5, 0.6) is 0 Å². The minimum absolute atomic E-state index is 0.0303. The molecule has 0 radical (unpaired) electrons. The van der Waals surface area contributed by atoms with Crippen molar-refractivity contribution in [2.45, 2.75) is 43.1 Å². The van der Waals surface area contributed by atoms with E-state index in [2.05, 4.69) is 0 Å². The van der Waals surface area contributed by atoms with E-state index < -0.39 is 5.54 Å². The predicted molar refractivity (Wildman–Crippen MR) is 117 cm³/mol. The Balaban J connectivity index is 1.30. The molecule has 2 saturated carbocycles. The van der Waals surface area contributed by atoms with Crippen LogP contribution in [0.25, 0.3) is 0 Å². The number of β-lactam (4-membered cyclic amide) rings is 1.